The number of carboxylic acid groups (broad SMARTS) is 1. The van der Waals surface area contributed by atoms with E-state index >= 15 is 0 Å². The molecule has 37 heavy (non-hydrogen) atoms. The zero-order valence-electron chi connectivity index (χ0n) is 19.3. The molecule has 1 atom stereocenters. The number of hydrogen-bond acceptors (Lipinski definition) is 5. The summed E-state index contributed by atoms with van der Waals surface area (Å²) in [5.74, 6) is 0. The zero-order valence-corrected chi connectivity index (χ0v) is 20.1. The number of aryl methyl sites for hydroxylation is 1. The molecule has 4 heterocycles. The van der Waals surface area contributed by atoms with Crippen LogP contribution in [0.3, 0.4) is 0 Å². The van der Waals surface area contributed by atoms with Gasteiger partial charge in [-0.2, -0.15) is 4.68 Å². The Hall–Kier alpha value is -4.70. The smallest absolute Gasteiger partial charge is 0.409 e. The number of rotatable bonds is 5. The summed E-state index contributed by atoms with van der Waals surface area (Å²) in [4.78, 5) is 27.7. The molecule has 10 nitrogen and oxygen atoms in total. The van der Waals surface area contributed by atoms with E-state index in [1.807, 2.05) is 47.0 Å². The standard InChI is InChI=1S/C26H20ClN7O3/c27-17-3-9-23(33-14-28-31-32-33)20(13-17)16-11-19-6-10-24(34(19)25(35)12-16)22-8-7-21(30-22)15-1-4-18(5-2-15)29-26(36)37/h1-5,7-9,11-14,24,29-30H,6,10H2,(H,36,37)/t24-/m0/s1. The molecule has 2 aromatic carbocycles. The van der Waals surface area contributed by atoms with Crippen molar-refractivity contribution in [3.05, 3.63) is 99.8 Å². The molecule has 0 saturated carbocycles. The molecule has 0 bridgehead atoms. The van der Waals surface area contributed by atoms with E-state index in [2.05, 4.69) is 25.8 Å². The van der Waals surface area contributed by atoms with E-state index in [-0.39, 0.29) is 11.6 Å². The summed E-state index contributed by atoms with van der Waals surface area (Å²) in [6.45, 7) is 0. The lowest BCUT2D eigenvalue weighted by molar-refractivity contribution is 0.209. The van der Waals surface area contributed by atoms with E-state index in [9.17, 15) is 9.59 Å². The van der Waals surface area contributed by atoms with Crippen LogP contribution in [0.25, 0.3) is 28.1 Å². The van der Waals surface area contributed by atoms with E-state index in [0.29, 0.717) is 10.7 Å². The van der Waals surface area contributed by atoms with Gasteiger partial charge in [-0.3, -0.25) is 10.1 Å². The molecule has 3 aromatic heterocycles. The van der Waals surface area contributed by atoms with E-state index in [0.717, 1.165) is 52.3 Å². The Balaban J connectivity index is 1.32. The molecule has 0 fully saturated rings. The first-order valence-electron chi connectivity index (χ1n) is 11.5. The normalized spacial score (nSPS) is 14.5. The molecule has 0 radical (unpaired) electrons. The van der Waals surface area contributed by atoms with Crippen LogP contribution in [0, 0.1) is 0 Å². The zero-order chi connectivity index (χ0) is 25.5. The van der Waals surface area contributed by atoms with Crippen molar-refractivity contribution in [3.63, 3.8) is 0 Å². The number of carbonyl (C=O) groups is 1. The van der Waals surface area contributed by atoms with Gasteiger partial charge in [0, 0.05) is 39.4 Å². The summed E-state index contributed by atoms with van der Waals surface area (Å²) in [6, 6.07) is 20.0. The number of pyridine rings is 1. The molecule has 0 saturated heterocycles. The minimum absolute atomic E-state index is 0.0992. The second-order valence-electron chi connectivity index (χ2n) is 8.75. The predicted octanol–water partition coefficient (Wildman–Crippen LogP) is 4.77. The fourth-order valence-corrected chi connectivity index (χ4v) is 5.06. The number of halogens is 1. The van der Waals surface area contributed by atoms with Crippen LogP contribution >= 0.6 is 11.6 Å². The summed E-state index contributed by atoms with van der Waals surface area (Å²) in [7, 11) is 0. The summed E-state index contributed by atoms with van der Waals surface area (Å²) >= 11 is 6.29. The molecular weight excluding hydrogens is 494 g/mol. The molecule has 5 aromatic rings. The van der Waals surface area contributed by atoms with Crippen molar-refractivity contribution in [1.82, 2.24) is 29.8 Å². The molecule has 0 aliphatic carbocycles. The van der Waals surface area contributed by atoms with Crippen molar-refractivity contribution in [1.29, 1.82) is 0 Å². The molecular formula is C26H20ClN7O3. The maximum Gasteiger partial charge on any atom is 0.409 e. The Morgan fingerprint density at radius 3 is 2.65 bits per heavy atom. The molecule has 1 aliphatic rings. The van der Waals surface area contributed by atoms with Gasteiger partial charge in [0.25, 0.3) is 5.56 Å². The third-order valence-corrected chi connectivity index (χ3v) is 6.75. The van der Waals surface area contributed by atoms with Crippen LogP contribution in [-0.2, 0) is 6.42 Å². The monoisotopic (exact) mass is 513 g/mol. The quantitative estimate of drug-likeness (QED) is 0.310. The largest absolute Gasteiger partial charge is 0.465 e. The fourth-order valence-electron chi connectivity index (χ4n) is 4.89. The van der Waals surface area contributed by atoms with Crippen LogP contribution in [0.2, 0.25) is 5.02 Å². The Labute approximate surface area is 215 Å². The highest BCUT2D eigenvalue weighted by atomic mass is 35.5. The molecule has 11 heteroatoms. The summed E-state index contributed by atoms with van der Waals surface area (Å²) in [5, 5.41) is 23.2. The topological polar surface area (TPSA) is 131 Å². The number of nitrogens with zero attached hydrogens (tertiary/aromatic N) is 5. The first kappa shape index (κ1) is 22.7. The first-order chi connectivity index (χ1) is 18.0. The molecule has 1 aliphatic heterocycles. The highest BCUT2D eigenvalue weighted by Crippen LogP contribution is 2.35. The average Bonchev–Trinajstić information content (AvgIpc) is 3.65. The number of H-pyrrole nitrogens is 1. The van der Waals surface area contributed by atoms with Crippen LogP contribution in [-0.4, -0.2) is 41.0 Å². The number of anilines is 1. The Bertz CT molecular complexity index is 1670. The summed E-state index contributed by atoms with van der Waals surface area (Å²) in [5.41, 5.74) is 6.34. The van der Waals surface area contributed by atoms with Gasteiger partial charge in [0.05, 0.1) is 11.7 Å². The molecule has 3 N–H and O–H groups in total. The minimum atomic E-state index is -1.11. The molecule has 0 spiro atoms. The van der Waals surface area contributed by atoms with Gasteiger partial charge < -0.3 is 14.7 Å². The fraction of sp³-hybridized carbons (Fsp3) is 0.115. The third kappa shape index (κ3) is 4.27. The number of benzene rings is 2. The summed E-state index contributed by atoms with van der Waals surface area (Å²) < 4.78 is 3.38. The van der Waals surface area contributed by atoms with Crippen LogP contribution in [0.5, 0.6) is 0 Å². The van der Waals surface area contributed by atoms with Crippen LogP contribution in [0.15, 0.2) is 77.9 Å². The van der Waals surface area contributed by atoms with Crippen LogP contribution < -0.4 is 10.9 Å². The van der Waals surface area contributed by atoms with E-state index in [1.165, 1.54) is 6.33 Å². The number of amides is 1. The number of hydrogen-bond donors (Lipinski definition) is 3. The van der Waals surface area contributed by atoms with Crippen molar-refractivity contribution < 1.29 is 9.90 Å². The van der Waals surface area contributed by atoms with Gasteiger partial charge in [-0.15, -0.1) is 5.10 Å². The Morgan fingerprint density at radius 1 is 1.05 bits per heavy atom. The van der Waals surface area contributed by atoms with Crippen molar-refractivity contribution in [3.8, 4) is 28.1 Å². The minimum Gasteiger partial charge on any atom is -0.465 e. The van der Waals surface area contributed by atoms with Crippen molar-refractivity contribution >= 4 is 23.4 Å². The maximum atomic E-state index is 13.4. The number of fused-ring (bicyclic) bond motifs is 1. The number of aromatic amines is 1. The van der Waals surface area contributed by atoms with E-state index in [1.54, 1.807) is 28.9 Å². The molecule has 0 unspecified atom stereocenters. The maximum absolute atomic E-state index is 13.4. The predicted molar refractivity (Wildman–Crippen MR) is 138 cm³/mol. The third-order valence-electron chi connectivity index (χ3n) is 6.51. The number of nitrogens with one attached hydrogen (secondary N) is 2. The van der Waals surface area contributed by atoms with E-state index < -0.39 is 6.09 Å². The SMILES string of the molecule is O=C(O)Nc1ccc(-c2ccc([C@@H]3CCc4cc(-c5cc(Cl)ccc5-n5cnnn5)cc(=O)n43)[nH]2)cc1. The van der Waals surface area contributed by atoms with E-state index in [4.69, 9.17) is 16.7 Å². The number of tetrazole rings is 1. The molecule has 6 rings (SSSR count). The van der Waals surface area contributed by atoms with Crippen LogP contribution in [0.4, 0.5) is 10.5 Å². The Morgan fingerprint density at radius 2 is 1.89 bits per heavy atom. The second-order valence-corrected chi connectivity index (χ2v) is 9.19. The highest BCUT2D eigenvalue weighted by molar-refractivity contribution is 6.31. The van der Waals surface area contributed by atoms with Crippen LogP contribution in [0.1, 0.15) is 23.9 Å². The number of aromatic nitrogens is 6. The van der Waals surface area contributed by atoms with Gasteiger partial charge in [-0.05, 0) is 82.9 Å². The van der Waals surface area contributed by atoms with Gasteiger partial charge in [-0.1, -0.05) is 23.7 Å². The average molecular weight is 514 g/mol. The second kappa shape index (κ2) is 9.07. The van der Waals surface area contributed by atoms with Gasteiger partial charge in [0.2, 0.25) is 0 Å². The van der Waals surface area contributed by atoms with Crippen molar-refractivity contribution in [2.24, 2.45) is 0 Å². The lowest BCUT2D eigenvalue weighted by Gasteiger charge is -2.15. The first-order valence-corrected chi connectivity index (χ1v) is 11.9. The Kier molecular flexibility index (Phi) is 5.57. The van der Waals surface area contributed by atoms with Crippen molar-refractivity contribution in [2.75, 3.05) is 5.32 Å². The lowest BCUT2D eigenvalue weighted by atomic mass is 10.0. The van der Waals surface area contributed by atoms with Gasteiger partial charge in [-0.25, -0.2) is 4.79 Å². The lowest BCUT2D eigenvalue weighted by Crippen LogP contribution is -2.23. The van der Waals surface area contributed by atoms with Gasteiger partial charge >= 0.3 is 6.09 Å². The van der Waals surface area contributed by atoms with Crippen molar-refractivity contribution in [2.45, 2.75) is 18.9 Å². The highest BCUT2D eigenvalue weighted by Gasteiger charge is 2.27. The summed E-state index contributed by atoms with van der Waals surface area (Å²) in [6.07, 6.45) is 1.93. The molecule has 1 amide bonds. The van der Waals surface area contributed by atoms with Gasteiger partial charge in [0.1, 0.15) is 6.33 Å². The molecule has 184 valence electrons. The van der Waals surface area contributed by atoms with Gasteiger partial charge in [0.15, 0.2) is 0 Å².